The molecule has 1 aromatic rings. The molecule has 3 nitrogen and oxygen atoms in total. The van der Waals surface area contributed by atoms with E-state index in [0.717, 1.165) is 29.4 Å². The summed E-state index contributed by atoms with van der Waals surface area (Å²) in [6.07, 6.45) is 1.71. The van der Waals surface area contributed by atoms with Crippen molar-refractivity contribution < 1.29 is 13.7 Å². The number of rotatable bonds is 1. The van der Waals surface area contributed by atoms with Crippen molar-refractivity contribution >= 4 is 12.6 Å². The molecule has 1 unspecified atom stereocenters. The van der Waals surface area contributed by atoms with E-state index in [0.29, 0.717) is 0 Å². The minimum atomic E-state index is -0.519. The largest absolute Gasteiger partial charge is 0.495 e. The lowest BCUT2D eigenvalue weighted by atomic mass is 9.75. The van der Waals surface area contributed by atoms with Crippen LogP contribution >= 0.6 is 0 Å². The maximum Gasteiger partial charge on any atom is 0.495 e. The summed E-state index contributed by atoms with van der Waals surface area (Å²) in [4.78, 5) is 0. The molecular formula is C15H21BFNO2. The third-order valence-electron chi connectivity index (χ3n) is 4.90. The van der Waals surface area contributed by atoms with E-state index >= 15 is 0 Å². The van der Waals surface area contributed by atoms with E-state index < -0.39 is 18.3 Å². The Balaban J connectivity index is 2.03. The highest BCUT2D eigenvalue weighted by Gasteiger charge is 2.52. The molecule has 1 aliphatic carbocycles. The Hall–Kier alpha value is -0.905. The minimum absolute atomic E-state index is 0.0816. The molecule has 0 radical (unpaired) electrons. The van der Waals surface area contributed by atoms with E-state index in [2.05, 4.69) is 0 Å². The van der Waals surface area contributed by atoms with Gasteiger partial charge in [-0.05, 0) is 69.3 Å². The van der Waals surface area contributed by atoms with E-state index in [9.17, 15) is 4.39 Å². The van der Waals surface area contributed by atoms with Crippen LogP contribution in [0.25, 0.3) is 0 Å². The van der Waals surface area contributed by atoms with Gasteiger partial charge in [0.1, 0.15) is 5.82 Å². The van der Waals surface area contributed by atoms with Crippen molar-refractivity contribution in [2.24, 2.45) is 5.73 Å². The number of hydrogen-bond acceptors (Lipinski definition) is 3. The zero-order valence-electron chi connectivity index (χ0n) is 12.5. The molecule has 5 heteroatoms. The third kappa shape index (κ3) is 2.00. The molecule has 3 rings (SSSR count). The zero-order valence-corrected chi connectivity index (χ0v) is 12.5. The summed E-state index contributed by atoms with van der Waals surface area (Å²) in [5.41, 5.74) is 7.99. The van der Waals surface area contributed by atoms with Crippen LogP contribution in [0.4, 0.5) is 4.39 Å². The normalized spacial score (nSPS) is 26.9. The second-order valence-corrected chi connectivity index (χ2v) is 6.80. The SMILES string of the molecule is CC1(C)OB(c2cc(F)cc3c2CCC3N)OC1(C)C. The fourth-order valence-corrected chi connectivity index (χ4v) is 2.93. The molecule has 0 saturated carbocycles. The fourth-order valence-electron chi connectivity index (χ4n) is 2.93. The smallest absolute Gasteiger partial charge is 0.399 e. The summed E-state index contributed by atoms with van der Waals surface area (Å²) in [6.45, 7) is 7.99. The standard InChI is InChI=1S/C15H21BFNO2/c1-14(2)15(3,4)20-16(19-14)12-8-9(17)7-11-10(12)5-6-13(11)18/h7-8,13H,5-6,18H2,1-4H3. The number of halogens is 1. The fraction of sp³-hybridized carbons (Fsp3) is 0.600. The van der Waals surface area contributed by atoms with Crippen LogP contribution in [0.1, 0.15) is 51.3 Å². The highest BCUT2D eigenvalue weighted by molar-refractivity contribution is 6.62. The first kappa shape index (κ1) is 14.0. The van der Waals surface area contributed by atoms with Gasteiger partial charge in [-0.1, -0.05) is 0 Å². The Labute approximate surface area is 119 Å². The molecule has 1 fully saturated rings. The molecule has 0 aromatic heterocycles. The summed E-state index contributed by atoms with van der Waals surface area (Å²) in [6, 6.07) is 2.99. The summed E-state index contributed by atoms with van der Waals surface area (Å²) >= 11 is 0. The zero-order chi connectivity index (χ0) is 14.7. The number of nitrogens with two attached hydrogens (primary N) is 1. The quantitative estimate of drug-likeness (QED) is 0.799. The van der Waals surface area contributed by atoms with Crippen LogP contribution in [0.3, 0.4) is 0 Å². The number of hydrogen-bond donors (Lipinski definition) is 1. The molecule has 0 amide bonds. The van der Waals surface area contributed by atoms with Gasteiger partial charge in [0.05, 0.1) is 11.2 Å². The van der Waals surface area contributed by atoms with Gasteiger partial charge < -0.3 is 15.0 Å². The van der Waals surface area contributed by atoms with Gasteiger partial charge in [0.25, 0.3) is 0 Å². The van der Waals surface area contributed by atoms with Crippen LogP contribution in [0.15, 0.2) is 12.1 Å². The first-order valence-electron chi connectivity index (χ1n) is 7.15. The van der Waals surface area contributed by atoms with E-state index in [-0.39, 0.29) is 11.9 Å². The molecule has 108 valence electrons. The van der Waals surface area contributed by atoms with Gasteiger partial charge in [-0.2, -0.15) is 0 Å². The molecule has 2 N–H and O–H groups in total. The molecule has 0 spiro atoms. The van der Waals surface area contributed by atoms with Crippen LogP contribution in [-0.4, -0.2) is 18.3 Å². The van der Waals surface area contributed by atoms with Crippen LogP contribution < -0.4 is 11.2 Å². The summed E-state index contributed by atoms with van der Waals surface area (Å²) in [7, 11) is -0.519. The van der Waals surface area contributed by atoms with Gasteiger partial charge in [-0.15, -0.1) is 0 Å². The third-order valence-corrected chi connectivity index (χ3v) is 4.90. The van der Waals surface area contributed by atoms with Crippen molar-refractivity contribution in [3.8, 4) is 0 Å². The molecule has 2 aliphatic rings. The van der Waals surface area contributed by atoms with Gasteiger partial charge in [0.15, 0.2) is 0 Å². The highest BCUT2D eigenvalue weighted by atomic mass is 19.1. The number of benzene rings is 1. The van der Waals surface area contributed by atoms with Gasteiger partial charge in [0.2, 0.25) is 0 Å². The Kier molecular flexibility index (Phi) is 3.02. The molecule has 1 aromatic carbocycles. The minimum Gasteiger partial charge on any atom is -0.399 e. The molecular weight excluding hydrogens is 256 g/mol. The maximum atomic E-state index is 13.9. The Morgan fingerprint density at radius 2 is 1.80 bits per heavy atom. The second kappa shape index (κ2) is 4.29. The van der Waals surface area contributed by atoms with Crippen molar-refractivity contribution in [2.75, 3.05) is 0 Å². The number of fused-ring (bicyclic) bond motifs is 1. The van der Waals surface area contributed by atoms with E-state index in [1.54, 1.807) is 6.07 Å². The molecule has 1 heterocycles. The van der Waals surface area contributed by atoms with E-state index in [4.69, 9.17) is 15.0 Å². The van der Waals surface area contributed by atoms with Crippen LogP contribution in [-0.2, 0) is 15.7 Å². The molecule has 20 heavy (non-hydrogen) atoms. The van der Waals surface area contributed by atoms with Crippen molar-refractivity contribution in [1.29, 1.82) is 0 Å². The van der Waals surface area contributed by atoms with Crippen LogP contribution in [0, 0.1) is 5.82 Å². The van der Waals surface area contributed by atoms with Crippen molar-refractivity contribution in [2.45, 2.75) is 57.8 Å². The van der Waals surface area contributed by atoms with Crippen molar-refractivity contribution in [3.05, 3.63) is 29.1 Å². The summed E-state index contributed by atoms with van der Waals surface area (Å²) < 4.78 is 25.9. The van der Waals surface area contributed by atoms with Gasteiger partial charge >= 0.3 is 7.12 Å². The lowest BCUT2D eigenvalue weighted by molar-refractivity contribution is 0.00578. The Bertz CT molecular complexity index is 543. The predicted molar refractivity (Wildman–Crippen MR) is 77.4 cm³/mol. The first-order valence-corrected chi connectivity index (χ1v) is 7.15. The van der Waals surface area contributed by atoms with Crippen molar-refractivity contribution in [1.82, 2.24) is 0 Å². The van der Waals surface area contributed by atoms with Crippen LogP contribution in [0.5, 0.6) is 0 Å². The van der Waals surface area contributed by atoms with Gasteiger partial charge in [0, 0.05) is 6.04 Å². The molecule has 1 atom stereocenters. The topological polar surface area (TPSA) is 44.5 Å². The lowest BCUT2D eigenvalue weighted by Crippen LogP contribution is -2.41. The van der Waals surface area contributed by atoms with Crippen LogP contribution in [0.2, 0.25) is 0 Å². The summed E-state index contributed by atoms with van der Waals surface area (Å²) in [5, 5.41) is 0. The van der Waals surface area contributed by atoms with Gasteiger partial charge in [-0.25, -0.2) is 4.39 Å². The Morgan fingerprint density at radius 1 is 1.20 bits per heavy atom. The molecule has 1 saturated heterocycles. The summed E-state index contributed by atoms with van der Waals surface area (Å²) in [5.74, 6) is -0.272. The monoisotopic (exact) mass is 277 g/mol. The maximum absolute atomic E-state index is 13.9. The molecule has 0 bridgehead atoms. The predicted octanol–water partition coefficient (Wildman–Crippen LogP) is 2.07. The lowest BCUT2D eigenvalue weighted by Gasteiger charge is -2.32. The van der Waals surface area contributed by atoms with Crippen molar-refractivity contribution in [3.63, 3.8) is 0 Å². The highest BCUT2D eigenvalue weighted by Crippen LogP contribution is 2.38. The van der Waals surface area contributed by atoms with E-state index in [1.807, 2.05) is 27.7 Å². The first-order chi connectivity index (χ1) is 9.21. The van der Waals surface area contributed by atoms with Gasteiger partial charge in [-0.3, -0.25) is 0 Å². The van der Waals surface area contributed by atoms with E-state index in [1.165, 1.54) is 6.07 Å². The second-order valence-electron chi connectivity index (χ2n) is 6.80. The average molecular weight is 277 g/mol. The molecule has 1 aliphatic heterocycles. The Morgan fingerprint density at radius 3 is 2.40 bits per heavy atom. The average Bonchev–Trinajstić information content (AvgIpc) is 2.78.